The normalized spacial score (nSPS) is 14.7. The van der Waals surface area contributed by atoms with Crippen molar-refractivity contribution < 1.29 is 13.2 Å². The van der Waals surface area contributed by atoms with Gasteiger partial charge in [-0.1, -0.05) is 6.92 Å². The zero-order valence-electron chi connectivity index (χ0n) is 9.70. The maximum atomic E-state index is 11.3. The van der Waals surface area contributed by atoms with Gasteiger partial charge < -0.3 is 11.1 Å². The van der Waals surface area contributed by atoms with Crippen LogP contribution in [0.1, 0.15) is 27.2 Å². The predicted octanol–water partition coefficient (Wildman–Crippen LogP) is -0.337. The lowest BCUT2D eigenvalue weighted by Gasteiger charge is -2.23. The van der Waals surface area contributed by atoms with Crippen LogP contribution in [0.5, 0.6) is 0 Å². The highest BCUT2D eigenvalue weighted by atomic mass is 32.2. The number of sulfone groups is 1. The molecular weight excluding hydrogens is 216 g/mol. The quantitative estimate of drug-likeness (QED) is 0.683. The van der Waals surface area contributed by atoms with E-state index in [1.165, 1.54) is 0 Å². The summed E-state index contributed by atoms with van der Waals surface area (Å²) in [6.07, 6.45) is 1.68. The first-order valence-electron chi connectivity index (χ1n) is 4.84. The highest BCUT2D eigenvalue weighted by Gasteiger charge is 2.30. The Labute approximate surface area is 91.3 Å². The lowest BCUT2D eigenvalue weighted by Crippen LogP contribution is -2.48. The summed E-state index contributed by atoms with van der Waals surface area (Å²) in [6.45, 7) is 5.02. The standard InChI is InChI=1S/C9H20N2O3S/c1-5-7(10)8(12)11-6-9(2,3)15(4,13)14/h7H,5-6,10H2,1-4H3,(H,11,12)/t7-/m0/s1. The van der Waals surface area contributed by atoms with E-state index in [1.807, 2.05) is 0 Å². The molecule has 0 aromatic rings. The lowest BCUT2D eigenvalue weighted by atomic mass is 10.2. The second kappa shape index (κ2) is 4.94. The van der Waals surface area contributed by atoms with Crippen LogP contribution in [-0.4, -0.2) is 37.9 Å². The van der Waals surface area contributed by atoms with E-state index in [-0.39, 0.29) is 12.5 Å². The van der Waals surface area contributed by atoms with Crippen molar-refractivity contribution in [3.63, 3.8) is 0 Å². The second-order valence-electron chi connectivity index (χ2n) is 4.26. The Morgan fingerprint density at radius 2 is 1.93 bits per heavy atom. The number of hydrogen-bond acceptors (Lipinski definition) is 4. The van der Waals surface area contributed by atoms with E-state index < -0.39 is 20.6 Å². The molecule has 6 heteroatoms. The Hall–Kier alpha value is -0.620. The van der Waals surface area contributed by atoms with E-state index in [9.17, 15) is 13.2 Å². The molecule has 3 N–H and O–H groups in total. The number of carbonyl (C=O) groups excluding carboxylic acids is 1. The maximum absolute atomic E-state index is 11.3. The molecule has 0 aliphatic heterocycles. The largest absolute Gasteiger partial charge is 0.353 e. The van der Waals surface area contributed by atoms with Crippen molar-refractivity contribution in [3.8, 4) is 0 Å². The molecule has 1 amide bonds. The summed E-state index contributed by atoms with van der Waals surface area (Å²) in [4.78, 5) is 11.3. The number of nitrogens with one attached hydrogen (secondary N) is 1. The van der Waals surface area contributed by atoms with Gasteiger partial charge in [-0.15, -0.1) is 0 Å². The van der Waals surface area contributed by atoms with Crippen molar-refractivity contribution in [2.24, 2.45) is 5.73 Å². The highest BCUT2D eigenvalue weighted by molar-refractivity contribution is 7.92. The topological polar surface area (TPSA) is 89.3 Å². The Morgan fingerprint density at radius 1 is 1.47 bits per heavy atom. The molecule has 0 saturated carbocycles. The Bertz CT molecular complexity index is 322. The van der Waals surface area contributed by atoms with Crippen molar-refractivity contribution in [1.82, 2.24) is 5.32 Å². The van der Waals surface area contributed by atoms with Crippen molar-refractivity contribution in [2.75, 3.05) is 12.8 Å². The highest BCUT2D eigenvalue weighted by Crippen LogP contribution is 2.13. The predicted molar refractivity (Wildman–Crippen MR) is 60.2 cm³/mol. The molecule has 0 fully saturated rings. The van der Waals surface area contributed by atoms with Crippen LogP contribution in [0.3, 0.4) is 0 Å². The van der Waals surface area contributed by atoms with Crippen molar-refractivity contribution in [1.29, 1.82) is 0 Å². The summed E-state index contributed by atoms with van der Waals surface area (Å²) in [5.41, 5.74) is 5.49. The Morgan fingerprint density at radius 3 is 2.27 bits per heavy atom. The van der Waals surface area contributed by atoms with Crippen LogP contribution in [0.2, 0.25) is 0 Å². The summed E-state index contributed by atoms with van der Waals surface area (Å²) >= 11 is 0. The fraction of sp³-hybridized carbons (Fsp3) is 0.889. The van der Waals surface area contributed by atoms with Gasteiger partial charge in [0, 0.05) is 12.8 Å². The third kappa shape index (κ3) is 4.17. The van der Waals surface area contributed by atoms with Gasteiger partial charge in [-0.05, 0) is 20.3 Å². The molecule has 90 valence electrons. The number of carbonyl (C=O) groups is 1. The van der Waals surface area contributed by atoms with Crippen LogP contribution >= 0.6 is 0 Å². The fourth-order valence-corrected chi connectivity index (χ4v) is 1.08. The molecule has 0 rings (SSSR count). The molecule has 0 spiro atoms. The van der Waals surface area contributed by atoms with Gasteiger partial charge in [0.15, 0.2) is 9.84 Å². The maximum Gasteiger partial charge on any atom is 0.236 e. The average molecular weight is 236 g/mol. The summed E-state index contributed by atoms with van der Waals surface area (Å²) in [7, 11) is -3.19. The number of rotatable bonds is 5. The summed E-state index contributed by atoms with van der Waals surface area (Å²) in [5, 5.41) is 2.54. The number of hydrogen-bond donors (Lipinski definition) is 2. The van der Waals surface area contributed by atoms with Crippen LogP contribution < -0.4 is 11.1 Å². The summed E-state index contributed by atoms with van der Waals surface area (Å²) < 4.78 is 21.7. The molecule has 0 unspecified atom stereocenters. The fourth-order valence-electron chi connectivity index (χ4n) is 0.748. The first kappa shape index (κ1) is 14.4. The molecule has 0 aliphatic carbocycles. The molecule has 0 saturated heterocycles. The number of amides is 1. The molecule has 0 aliphatic rings. The molecule has 0 bridgehead atoms. The molecular formula is C9H20N2O3S. The van der Waals surface area contributed by atoms with Gasteiger partial charge in [0.2, 0.25) is 5.91 Å². The molecule has 0 radical (unpaired) electrons. The van der Waals surface area contributed by atoms with Crippen LogP contribution in [0.4, 0.5) is 0 Å². The summed E-state index contributed by atoms with van der Waals surface area (Å²) in [6, 6.07) is -0.569. The molecule has 15 heavy (non-hydrogen) atoms. The van der Waals surface area contributed by atoms with Crippen LogP contribution in [-0.2, 0) is 14.6 Å². The zero-order chi connectivity index (χ0) is 12.3. The monoisotopic (exact) mass is 236 g/mol. The minimum absolute atomic E-state index is 0.0817. The SMILES string of the molecule is CC[C@H](N)C(=O)NCC(C)(C)S(C)(=O)=O. The van der Waals surface area contributed by atoms with Crippen molar-refractivity contribution in [2.45, 2.75) is 38.0 Å². The van der Waals surface area contributed by atoms with E-state index in [0.717, 1.165) is 6.26 Å². The van der Waals surface area contributed by atoms with Gasteiger partial charge in [0.25, 0.3) is 0 Å². The Kier molecular flexibility index (Phi) is 4.73. The molecule has 0 aromatic carbocycles. The van der Waals surface area contributed by atoms with Crippen molar-refractivity contribution in [3.05, 3.63) is 0 Å². The van der Waals surface area contributed by atoms with Crippen LogP contribution in [0, 0.1) is 0 Å². The van der Waals surface area contributed by atoms with Crippen LogP contribution in [0.25, 0.3) is 0 Å². The van der Waals surface area contributed by atoms with Crippen molar-refractivity contribution >= 4 is 15.7 Å². The Balaban J connectivity index is 4.35. The second-order valence-corrected chi connectivity index (χ2v) is 6.91. The molecule has 5 nitrogen and oxygen atoms in total. The van der Waals surface area contributed by atoms with E-state index >= 15 is 0 Å². The van der Waals surface area contributed by atoms with E-state index in [2.05, 4.69) is 5.32 Å². The minimum atomic E-state index is -3.19. The molecule has 0 heterocycles. The van der Waals surface area contributed by atoms with E-state index in [0.29, 0.717) is 6.42 Å². The summed E-state index contributed by atoms with van der Waals surface area (Å²) in [5.74, 6) is -0.311. The van der Waals surface area contributed by atoms with Gasteiger partial charge >= 0.3 is 0 Å². The van der Waals surface area contributed by atoms with Crippen LogP contribution in [0.15, 0.2) is 0 Å². The van der Waals surface area contributed by atoms with E-state index in [4.69, 9.17) is 5.73 Å². The van der Waals surface area contributed by atoms with Gasteiger partial charge in [-0.3, -0.25) is 4.79 Å². The lowest BCUT2D eigenvalue weighted by molar-refractivity contribution is -0.122. The molecule has 1 atom stereocenters. The van der Waals surface area contributed by atoms with Gasteiger partial charge in [0.1, 0.15) is 0 Å². The average Bonchev–Trinajstić information content (AvgIpc) is 2.11. The minimum Gasteiger partial charge on any atom is -0.353 e. The third-order valence-electron chi connectivity index (χ3n) is 2.47. The van der Waals surface area contributed by atoms with Gasteiger partial charge in [-0.25, -0.2) is 8.42 Å². The van der Waals surface area contributed by atoms with E-state index in [1.54, 1.807) is 20.8 Å². The molecule has 0 aromatic heterocycles. The number of nitrogens with two attached hydrogens (primary N) is 1. The van der Waals surface area contributed by atoms with Gasteiger partial charge in [-0.2, -0.15) is 0 Å². The first-order chi connectivity index (χ1) is 6.62. The zero-order valence-corrected chi connectivity index (χ0v) is 10.5. The van der Waals surface area contributed by atoms with Gasteiger partial charge in [0.05, 0.1) is 10.8 Å². The third-order valence-corrected chi connectivity index (χ3v) is 4.62. The first-order valence-corrected chi connectivity index (χ1v) is 6.74. The smallest absolute Gasteiger partial charge is 0.236 e.